The first-order chi connectivity index (χ1) is 10.8. The second-order valence-corrected chi connectivity index (χ2v) is 5.46. The highest BCUT2D eigenvalue weighted by molar-refractivity contribution is 5.77. The molecule has 1 N–H and O–H groups in total. The number of furan rings is 1. The van der Waals surface area contributed by atoms with Gasteiger partial charge in [-0.05, 0) is 49.7 Å². The molecule has 0 radical (unpaired) electrons. The van der Waals surface area contributed by atoms with Crippen molar-refractivity contribution < 1.29 is 9.15 Å². The molecule has 0 aliphatic rings. The van der Waals surface area contributed by atoms with Crippen LogP contribution in [-0.4, -0.2) is 13.7 Å². The minimum atomic E-state index is 0.200. The van der Waals surface area contributed by atoms with Crippen molar-refractivity contribution in [2.24, 2.45) is 0 Å². The van der Waals surface area contributed by atoms with Crippen LogP contribution in [0.1, 0.15) is 24.3 Å². The maximum Gasteiger partial charge on any atom is 0.134 e. The summed E-state index contributed by atoms with van der Waals surface area (Å²) in [5.74, 6) is 1.88. The number of nitrogens with one attached hydrogen (secondary N) is 1. The minimum Gasteiger partial charge on any atom is -0.497 e. The molecule has 1 heterocycles. The molecule has 2 aromatic carbocycles. The van der Waals surface area contributed by atoms with Gasteiger partial charge in [-0.1, -0.05) is 30.3 Å². The lowest BCUT2D eigenvalue weighted by Gasteiger charge is -2.11. The van der Waals surface area contributed by atoms with Crippen molar-refractivity contribution in [2.75, 3.05) is 13.7 Å². The van der Waals surface area contributed by atoms with E-state index in [0.717, 1.165) is 35.4 Å². The van der Waals surface area contributed by atoms with E-state index in [1.807, 2.05) is 30.3 Å². The van der Waals surface area contributed by atoms with E-state index in [4.69, 9.17) is 9.15 Å². The molecule has 3 rings (SSSR count). The molecule has 3 aromatic rings. The van der Waals surface area contributed by atoms with Crippen molar-refractivity contribution in [1.29, 1.82) is 0 Å². The Morgan fingerprint density at radius 2 is 1.86 bits per heavy atom. The number of benzene rings is 2. The van der Waals surface area contributed by atoms with E-state index in [9.17, 15) is 0 Å². The van der Waals surface area contributed by atoms with Crippen LogP contribution in [0.2, 0.25) is 0 Å². The Morgan fingerprint density at radius 1 is 1.09 bits per heavy atom. The zero-order chi connectivity index (χ0) is 15.4. The molecule has 0 aliphatic carbocycles. The third-order valence-electron chi connectivity index (χ3n) is 3.89. The Kier molecular flexibility index (Phi) is 4.45. The summed E-state index contributed by atoms with van der Waals surface area (Å²) in [6.07, 6.45) is 0.981. The fourth-order valence-electron chi connectivity index (χ4n) is 2.54. The smallest absolute Gasteiger partial charge is 0.134 e. The number of methoxy groups -OCH3 is 1. The monoisotopic (exact) mass is 295 g/mol. The predicted octanol–water partition coefficient (Wildman–Crippen LogP) is 4.33. The van der Waals surface area contributed by atoms with Crippen LogP contribution in [-0.2, 0) is 6.42 Å². The predicted molar refractivity (Wildman–Crippen MR) is 89.3 cm³/mol. The van der Waals surface area contributed by atoms with Gasteiger partial charge in [0.05, 0.1) is 13.2 Å². The second-order valence-electron chi connectivity index (χ2n) is 5.46. The van der Waals surface area contributed by atoms with Gasteiger partial charge >= 0.3 is 0 Å². The molecule has 0 fully saturated rings. The van der Waals surface area contributed by atoms with Gasteiger partial charge in [0.2, 0.25) is 0 Å². The quantitative estimate of drug-likeness (QED) is 0.735. The Morgan fingerprint density at radius 3 is 2.59 bits per heavy atom. The van der Waals surface area contributed by atoms with Crippen LogP contribution in [0.4, 0.5) is 0 Å². The Bertz CT molecular complexity index is 698. The van der Waals surface area contributed by atoms with E-state index < -0.39 is 0 Å². The molecule has 0 aliphatic heterocycles. The molecule has 0 spiro atoms. The average Bonchev–Trinajstić information content (AvgIpc) is 2.99. The molecule has 0 saturated carbocycles. The summed E-state index contributed by atoms with van der Waals surface area (Å²) >= 11 is 0. The summed E-state index contributed by atoms with van der Waals surface area (Å²) in [4.78, 5) is 0. The SMILES string of the molecule is COc1ccc(CCNC(C)c2cc3ccccc3o2)cc1. The van der Waals surface area contributed by atoms with Crippen LogP contribution in [0.25, 0.3) is 11.0 Å². The molecule has 1 unspecified atom stereocenters. The number of hydrogen-bond donors (Lipinski definition) is 1. The van der Waals surface area contributed by atoms with Gasteiger partial charge < -0.3 is 14.5 Å². The lowest BCUT2D eigenvalue weighted by Crippen LogP contribution is -2.20. The Hall–Kier alpha value is -2.26. The van der Waals surface area contributed by atoms with Gasteiger partial charge in [-0.3, -0.25) is 0 Å². The average molecular weight is 295 g/mol. The second kappa shape index (κ2) is 6.67. The Labute approximate surface area is 130 Å². The molecular weight excluding hydrogens is 274 g/mol. The maximum absolute atomic E-state index is 5.88. The normalized spacial score (nSPS) is 12.5. The van der Waals surface area contributed by atoms with Gasteiger partial charge in [-0.2, -0.15) is 0 Å². The summed E-state index contributed by atoms with van der Waals surface area (Å²) in [6.45, 7) is 3.04. The zero-order valence-electron chi connectivity index (χ0n) is 13.0. The number of ether oxygens (including phenoxy) is 1. The van der Waals surface area contributed by atoms with Crippen molar-refractivity contribution in [3.63, 3.8) is 0 Å². The van der Waals surface area contributed by atoms with Crippen molar-refractivity contribution >= 4 is 11.0 Å². The number of rotatable bonds is 6. The summed E-state index contributed by atoms with van der Waals surface area (Å²) in [6, 6.07) is 18.6. The van der Waals surface area contributed by atoms with Gasteiger partial charge in [-0.25, -0.2) is 0 Å². The standard InChI is InChI=1S/C19H21NO2/c1-14(19-13-16-5-3-4-6-18(16)22-19)20-12-11-15-7-9-17(21-2)10-8-15/h3-10,13-14,20H,11-12H2,1-2H3. The molecule has 0 amide bonds. The fourth-order valence-corrected chi connectivity index (χ4v) is 2.54. The van der Waals surface area contributed by atoms with E-state index in [1.54, 1.807) is 7.11 Å². The highest BCUT2D eigenvalue weighted by Gasteiger charge is 2.10. The first kappa shape index (κ1) is 14.7. The summed E-state index contributed by atoms with van der Waals surface area (Å²) < 4.78 is 11.1. The summed E-state index contributed by atoms with van der Waals surface area (Å²) in [5.41, 5.74) is 2.24. The summed E-state index contributed by atoms with van der Waals surface area (Å²) in [5, 5.41) is 4.67. The van der Waals surface area contributed by atoms with E-state index in [0.29, 0.717) is 0 Å². The number of fused-ring (bicyclic) bond motifs is 1. The largest absolute Gasteiger partial charge is 0.497 e. The molecule has 1 atom stereocenters. The molecule has 3 nitrogen and oxygen atoms in total. The van der Waals surface area contributed by atoms with Gasteiger partial charge in [0.25, 0.3) is 0 Å². The van der Waals surface area contributed by atoms with Gasteiger partial charge in [0.1, 0.15) is 17.1 Å². The van der Waals surface area contributed by atoms with Gasteiger partial charge in [0.15, 0.2) is 0 Å². The van der Waals surface area contributed by atoms with Crippen molar-refractivity contribution in [1.82, 2.24) is 5.32 Å². The van der Waals surface area contributed by atoms with Crippen LogP contribution in [0.3, 0.4) is 0 Å². The molecule has 3 heteroatoms. The highest BCUT2D eigenvalue weighted by atomic mass is 16.5. The fraction of sp³-hybridized carbons (Fsp3) is 0.263. The van der Waals surface area contributed by atoms with Crippen molar-refractivity contribution in [3.05, 3.63) is 65.9 Å². The molecular formula is C19H21NO2. The van der Waals surface area contributed by atoms with Crippen LogP contribution in [0.15, 0.2) is 59.0 Å². The highest BCUT2D eigenvalue weighted by Crippen LogP contribution is 2.23. The Balaban J connectivity index is 1.56. The van der Waals surface area contributed by atoms with Crippen molar-refractivity contribution in [2.45, 2.75) is 19.4 Å². The third kappa shape index (κ3) is 3.31. The van der Waals surface area contributed by atoms with Crippen LogP contribution in [0, 0.1) is 0 Å². The first-order valence-corrected chi connectivity index (χ1v) is 7.61. The minimum absolute atomic E-state index is 0.200. The molecule has 1 aromatic heterocycles. The number of hydrogen-bond acceptors (Lipinski definition) is 3. The topological polar surface area (TPSA) is 34.4 Å². The molecule has 0 bridgehead atoms. The third-order valence-corrected chi connectivity index (χ3v) is 3.89. The maximum atomic E-state index is 5.88. The van der Waals surface area contributed by atoms with Crippen LogP contribution < -0.4 is 10.1 Å². The lowest BCUT2D eigenvalue weighted by atomic mass is 10.1. The summed E-state index contributed by atoms with van der Waals surface area (Å²) in [7, 11) is 1.69. The number of para-hydroxylation sites is 1. The van der Waals surface area contributed by atoms with E-state index in [-0.39, 0.29) is 6.04 Å². The molecule has 0 saturated heterocycles. The van der Waals surface area contributed by atoms with E-state index in [2.05, 4.69) is 36.5 Å². The van der Waals surface area contributed by atoms with E-state index in [1.165, 1.54) is 5.56 Å². The van der Waals surface area contributed by atoms with Crippen molar-refractivity contribution in [3.8, 4) is 5.75 Å². The van der Waals surface area contributed by atoms with Gasteiger partial charge in [-0.15, -0.1) is 0 Å². The lowest BCUT2D eigenvalue weighted by molar-refractivity contribution is 0.414. The zero-order valence-corrected chi connectivity index (χ0v) is 13.0. The van der Waals surface area contributed by atoms with E-state index >= 15 is 0 Å². The molecule has 114 valence electrons. The first-order valence-electron chi connectivity index (χ1n) is 7.61. The molecule has 22 heavy (non-hydrogen) atoms. The van der Waals surface area contributed by atoms with Crippen LogP contribution in [0.5, 0.6) is 5.75 Å². The van der Waals surface area contributed by atoms with Gasteiger partial charge in [0, 0.05) is 5.39 Å². The van der Waals surface area contributed by atoms with Crippen LogP contribution >= 0.6 is 0 Å².